The number of carbonyl (C=O) groups is 2. The van der Waals surface area contributed by atoms with Crippen molar-refractivity contribution in [2.24, 2.45) is 0 Å². The fraction of sp³-hybridized carbons (Fsp3) is 0.588. The highest BCUT2D eigenvalue weighted by Gasteiger charge is 2.44. The molecule has 4 rings (SSSR count). The van der Waals surface area contributed by atoms with Gasteiger partial charge in [0.2, 0.25) is 0 Å². The van der Waals surface area contributed by atoms with E-state index in [0.717, 1.165) is 11.1 Å². The number of hydrogen-bond donors (Lipinski definition) is 2. The van der Waals surface area contributed by atoms with E-state index in [0.29, 0.717) is 49.7 Å². The van der Waals surface area contributed by atoms with Crippen LogP contribution in [0.15, 0.2) is 48.5 Å². The van der Waals surface area contributed by atoms with Crippen molar-refractivity contribution in [1.82, 2.24) is 10.1 Å². The minimum atomic E-state index is -0.517. The van der Waals surface area contributed by atoms with E-state index < -0.39 is 22.2 Å². The van der Waals surface area contributed by atoms with Gasteiger partial charge in [0.1, 0.15) is 12.2 Å². The fourth-order valence-corrected chi connectivity index (χ4v) is 6.61. The molecule has 0 aromatic heterocycles. The maximum Gasteiger partial charge on any atom is 0.338 e. The number of carbonyl (C=O) groups excluding carboxylic acids is 2. The third kappa shape index (κ3) is 7.05. The molecule has 0 bridgehead atoms. The summed E-state index contributed by atoms with van der Waals surface area (Å²) in [4.78, 5) is 25.9. The number of ether oxygens (including phenoxy) is 2. The van der Waals surface area contributed by atoms with Gasteiger partial charge in [-0.05, 0) is 116 Å². The Morgan fingerprint density at radius 3 is 1.21 bits per heavy atom. The van der Waals surface area contributed by atoms with Crippen LogP contribution in [0.3, 0.4) is 0 Å². The zero-order chi connectivity index (χ0) is 31.1. The highest BCUT2D eigenvalue weighted by molar-refractivity contribution is 5.91. The molecule has 230 valence electrons. The molecular formula is C34H48N2O6. The Morgan fingerprint density at radius 2 is 0.905 bits per heavy atom. The zero-order valence-electron chi connectivity index (χ0n) is 26.4. The first-order valence-electron chi connectivity index (χ1n) is 15.0. The first-order valence-corrected chi connectivity index (χ1v) is 15.0. The molecule has 2 aliphatic heterocycles. The van der Waals surface area contributed by atoms with Crippen LogP contribution in [0.5, 0.6) is 0 Å². The molecule has 0 aliphatic carbocycles. The Morgan fingerprint density at radius 1 is 0.595 bits per heavy atom. The van der Waals surface area contributed by atoms with Crippen LogP contribution in [0.25, 0.3) is 11.1 Å². The van der Waals surface area contributed by atoms with Crippen LogP contribution in [0.2, 0.25) is 0 Å². The normalized spacial score (nSPS) is 25.6. The van der Waals surface area contributed by atoms with Crippen molar-refractivity contribution in [2.75, 3.05) is 0 Å². The molecule has 2 fully saturated rings. The summed E-state index contributed by atoms with van der Waals surface area (Å²) < 4.78 is 11.8. The predicted octanol–water partition coefficient (Wildman–Crippen LogP) is 7.27. The summed E-state index contributed by atoms with van der Waals surface area (Å²) in [5.41, 5.74) is 0.933. The lowest BCUT2D eigenvalue weighted by molar-refractivity contribution is -0.222. The molecule has 2 heterocycles. The summed E-state index contributed by atoms with van der Waals surface area (Å²) in [6.45, 7) is 15.8. The monoisotopic (exact) mass is 580 g/mol. The number of hydrogen-bond acceptors (Lipinski definition) is 8. The van der Waals surface area contributed by atoms with Crippen molar-refractivity contribution in [3.05, 3.63) is 59.7 Å². The standard InChI is InChI=1S/C34H48N2O6/c1-31(2)19-17-27(21-33(5,6)35(31)39)41-29(37)25-13-9-23(10-14-25)24-11-15-26(16-12-24)30(38)42-28-18-20-32(3,4)36(40)34(7,8)22-28/h9-16,27-28,39-40H,17-22H2,1-8H3. The molecule has 8 heteroatoms. The van der Waals surface area contributed by atoms with E-state index in [9.17, 15) is 20.0 Å². The van der Waals surface area contributed by atoms with Gasteiger partial charge in [-0.15, -0.1) is 0 Å². The van der Waals surface area contributed by atoms with Crippen LogP contribution >= 0.6 is 0 Å². The Bertz CT molecular complexity index is 1170. The minimum Gasteiger partial charge on any atom is -0.459 e. The predicted molar refractivity (Wildman–Crippen MR) is 162 cm³/mol. The molecular weight excluding hydrogens is 532 g/mol. The van der Waals surface area contributed by atoms with E-state index in [1.807, 2.05) is 79.7 Å². The van der Waals surface area contributed by atoms with Gasteiger partial charge in [-0.1, -0.05) is 24.3 Å². The van der Waals surface area contributed by atoms with Crippen LogP contribution in [0.4, 0.5) is 0 Å². The van der Waals surface area contributed by atoms with E-state index in [2.05, 4.69) is 0 Å². The average Bonchev–Trinajstić information content (AvgIpc) is 3.05. The molecule has 2 atom stereocenters. The number of benzene rings is 2. The molecule has 0 amide bonds. The molecule has 42 heavy (non-hydrogen) atoms. The molecule has 0 radical (unpaired) electrons. The zero-order valence-corrected chi connectivity index (χ0v) is 26.4. The van der Waals surface area contributed by atoms with Gasteiger partial charge in [-0.2, -0.15) is 10.1 Å². The Hall–Kier alpha value is -2.78. The molecule has 2 aromatic rings. The van der Waals surface area contributed by atoms with Crippen molar-refractivity contribution in [3.8, 4) is 11.1 Å². The molecule has 2 saturated heterocycles. The Balaban J connectivity index is 1.37. The van der Waals surface area contributed by atoms with E-state index in [1.165, 1.54) is 10.1 Å². The van der Waals surface area contributed by atoms with Gasteiger partial charge < -0.3 is 19.9 Å². The molecule has 0 spiro atoms. The number of nitrogens with zero attached hydrogens (tertiary/aromatic N) is 2. The summed E-state index contributed by atoms with van der Waals surface area (Å²) in [7, 11) is 0. The van der Waals surface area contributed by atoms with E-state index in [4.69, 9.17) is 9.47 Å². The number of esters is 2. The molecule has 8 nitrogen and oxygen atoms in total. The van der Waals surface area contributed by atoms with Gasteiger partial charge in [0.05, 0.1) is 11.1 Å². The van der Waals surface area contributed by atoms with Crippen molar-refractivity contribution in [1.29, 1.82) is 0 Å². The highest BCUT2D eigenvalue weighted by atomic mass is 16.6. The maximum absolute atomic E-state index is 13.0. The van der Waals surface area contributed by atoms with Gasteiger partial charge in [0.25, 0.3) is 0 Å². The number of rotatable bonds is 5. The summed E-state index contributed by atoms with van der Waals surface area (Å²) in [6, 6.07) is 14.5. The van der Waals surface area contributed by atoms with E-state index >= 15 is 0 Å². The van der Waals surface area contributed by atoms with E-state index in [1.54, 1.807) is 24.3 Å². The SMILES string of the molecule is CC1(C)CCC(OC(=O)c2ccc(-c3ccc(C(=O)OC4CCC(C)(C)N(O)C(C)(C)C4)cc3)cc2)CC(C)(C)N1O. The Kier molecular flexibility index (Phi) is 8.97. The first kappa shape index (κ1) is 32.1. The molecule has 2 unspecified atom stereocenters. The van der Waals surface area contributed by atoms with Gasteiger partial charge in [0.15, 0.2) is 0 Å². The lowest BCUT2D eigenvalue weighted by Gasteiger charge is -2.42. The summed E-state index contributed by atoms with van der Waals surface area (Å²) in [5.74, 6) is -0.752. The van der Waals surface area contributed by atoms with Crippen molar-refractivity contribution >= 4 is 11.9 Å². The topological polar surface area (TPSA) is 99.5 Å². The second-order valence-electron chi connectivity index (χ2n) is 14.6. The van der Waals surface area contributed by atoms with Crippen LogP contribution in [-0.2, 0) is 9.47 Å². The summed E-state index contributed by atoms with van der Waals surface area (Å²) in [6.07, 6.45) is 3.31. The van der Waals surface area contributed by atoms with E-state index in [-0.39, 0.29) is 24.1 Å². The lowest BCUT2D eigenvalue weighted by atomic mass is 9.95. The molecule has 2 aromatic carbocycles. The van der Waals surface area contributed by atoms with Gasteiger partial charge in [0, 0.05) is 35.0 Å². The minimum absolute atomic E-state index is 0.283. The van der Waals surface area contributed by atoms with Gasteiger partial charge in [-0.3, -0.25) is 0 Å². The average molecular weight is 581 g/mol. The third-order valence-electron chi connectivity index (χ3n) is 9.03. The lowest BCUT2D eigenvalue weighted by Crippen LogP contribution is -2.52. The second-order valence-corrected chi connectivity index (χ2v) is 14.6. The fourth-order valence-electron chi connectivity index (χ4n) is 6.61. The van der Waals surface area contributed by atoms with Gasteiger partial charge in [-0.25, -0.2) is 9.59 Å². The quantitative estimate of drug-likeness (QED) is 0.356. The maximum atomic E-state index is 13.0. The Labute approximate surface area is 250 Å². The van der Waals surface area contributed by atoms with Crippen LogP contribution in [-0.4, -0.2) is 66.8 Å². The number of hydroxylamine groups is 4. The van der Waals surface area contributed by atoms with Crippen molar-refractivity contribution < 1.29 is 29.5 Å². The second kappa shape index (κ2) is 11.7. The van der Waals surface area contributed by atoms with Crippen LogP contribution < -0.4 is 0 Å². The first-order chi connectivity index (χ1) is 19.4. The molecule has 2 aliphatic rings. The summed E-state index contributed by atoms with van der Waals surface area (Å²) in [5, 5.41) is 24.2. The van der Waals surface area contributed by atoms with Crippen LogP contribution in [0, 0.1) is 0 Å². The van der Waals surface area contributed by atoms with Crippen LogP contribution in [0.1, 0.15) is 115 Å². The largest absolute Gasteiger partial charge is 0.459 e. The molecule has 0 saturated carbocycles. The van der Waals surface area contributed by atoms with Gasteiger partial charge >= 0.3 is 11.9 Å². The molecule has 2 N–H and O–H groups in total. The smallest absolute Gasteiger partial charge is 0.338 e. The summed E-state index contributed by atoms with van der Waals surface area (Å²) >= 11 is 0. The third-order valence-corrected chi connectivity index (χ3v) is 9.03. The highest BCUT2D eigenvalue weighted by Crippen LogP contribution is 2.38. The van der Waals surface area contributed by atoms with Crippen molar-refractivity contribution in [3.63, 3.8) is 0 Å². The van der Waals surface area contributed by atoms with Crippen molar-refractivity contribution in [2.45, 2.75) is 128 Å².